The molecule has 1 amide bonds. The van der Waals surface area contributed by atoms with E-state index >= 15 is 0 Å². The topological polar surface area (TPSA) is 55.8 Å². The smallest absolute Gasteiger partial charge is 0.313 e. The number of carbonyl (C=O) groups is 2. The number of para-hydroxylation sites is 1. The van der Waals surface area contributed by atoms with Gasteiger partial charge in [-0.05, 0) is 42.3 Å². The molecule has 0 aromatic heterocycles. The van der Waals surface area contributed by atoms with Gasteiger partial charge < -0.3 is 14.4 Å². The lowest BCUT2D eigenvalue weighted by atomic mass is 9.97. The molecule has 1 heterocycles. The monoisotopic (exact) mass is 385 g/mol. The average Bonchev–Trinajstić information content (AvgIpc) is 2.70. The van der Waals surface area contributed by atoms with Crippen LogP contribution in [0.2, 0.25) is 5.02 Å². The highest BCUT2D eigenvalue weighted by molar-refractivity contribution is 6.30. The molecule has 1 aliphatic rings. The Hall–Kier alpha value is -2.79. The number of carbonyl (C=O) groups excluding carboxylic acids is 2. The van der Waals surface area contributed by atoms with E-state index in [4.69, 9.17) is 21.1 Å². The third-order valence-electron chi connectivity index (χ3n) is 4.28. The van der Waals surface area contributed by atoms with Gasteiger partial charge >= 0.3 is 5.97 Å². The molecule has 2 aromatic carbocycles. The van der Waals surface area contributed by atoms with Crippen LogP contribution in [-0.4, -0.2) is 31.6 Å². The fourth-order valence-electron chi connectivity index (χ4n) is 2.93. The Kier molecular flexibility index (Phi) is 6.14. The van der Waals surface area contributed by atoms with E-state index in [0.717, 1.165) is 17.0 Å². The van der Waals surface area contributed by atoms with Crippen molar-refractivity contribution in [1.29, 1.82) is 0 Å². The minimum atomic E-state index is -0.464. The number of hydrogen-bond donors (Lipinski definition) is 0. The number of rotatable bonds is 6. The molecule has 27 heavy (non-hydrogen) atoms. The van der Waals surface area contributed by atoms with Crippen LogP contribution in [0.4, 0.5) is 5.69 Å². The lowest BCUT2D eigenvalue weighted by molar-refractivity contribution is -0.153. The Bertz CT molecular complexity index is 837. The second kappa shape index (κ2) is 8.73. The van der Waals surface area contributed by atoms with Gasteiger partial charge in [0.15, 0.2) is 6.61 Å². The Morgan fingerprint density at radius 1 is 1.26 bits per heavy atom. The number of halogens is 1. The van der Waals surface area contributed by atoms with Crippen LogP contribution < -0.4 is 9.64 Å². The van der Waals surface area contributed by atoms with Gasteiger partial charge in [-0.3, -0.25) is 9.59 Å². The number of hydrogen-bond acceptors (Lipinski definition) is 4. The van der Waals surface area contributed by atoms with Crippen LogP contribution in [0.1, 0.15) is 5.56 Å². The molecule has 0 spiro atoms. The summed E-state index contributed by atoms with van der Waals surface area (Å²) in [5.41, 5.74) is 1.59. The standard InChI is InChI=1S/C21H20ClNO4/c1-2-10-23(18-6-4-3-5-7-18)20(24)14-27-21(25)16-11-15-12-17(22)8-9-19(15)26-13-16/h2-9,12,16H,1,10-11,13-14H2/t16-/m1/s1. The van der Waals surface area contributed by atoms with Gasteiger partial charge in [-0.25, -0.2) is 0 Å². The third-order valence-corrected chi connectivity index (χ3v) is 4.52. The molecule has 0 N–H and O–H groups in total. The molecule has 0 radical (unpaired) electrons. The second-order valence-electron chi connectivity index (χ2n) is 6.20. The Morgan fingerprint density at radius 3 is 2.78 bits per heavy atom. The van der Waals surface area contributed by atoms with E-state index in [1.54, 1.807) is 24.3 Å². The second-order valence-corrected chi connectivity index (χ2v) is 6.64. The molecule has 1 aliphatic heterocycles. The molecule has 5 nitrogen and oxygen atoms in total. The lowest BCUT2D eigenvalue weighted by Gasteiger charge is -2.25. The van der Waals surface area contributed by atoms with Gasteiger partial charge in [0.1, 0.15) is 12.4 Å². The molecule has 0 saturated heterocycles. The summed E-state index contributed by atoms with van der Waals surface area (Å²) in [4.78, 5) is 26.4. The number of amides is 1. The molecule has 0 unspecified atom stereocenters. The van der Waals surface area contributed by atoms with Crippen LogP contribution in [0, 0.1) is 5.92 Å². The van der Waals surface area contributed by atoms with Gasteiger partial charge in [0.25, 0.3) is 5.91 Å². The Labute approximate surface area is 163 Å². The predicted molar refractivity (Wildman–Crippen MR) is 104 cm³/mol. The summed E-state index contributed by atoms with van der Waals surface area (Å²) in [6, 6.07) is 14.5. The molecule has 0 fully saturated rings. The Balaban J connectivity index is 1.59. The third kappa shape index (κ3) is 4.68. The first-order valence-corrected chi connectivity index (χ1v) is 9.00. The summed E-state index contributed by atoms with van der Waals surface area (Å²) in [5, 5.41) is 0.587. The van der Waals surface area contributed by atoms with Gasteiger partial charge in [-0.1, -0.05) is 35.9 Å². The van der Waals surface area contributed by atoms with Crippen molar-refractivity contribution in [3.8, 4) is 5.75 Å². The number of nitrogens with zero attached hydrogens (tertiary/aromatic N) is 1. The van der Waals surface area contributed by atoms with Crippen LogP contribution in [0.3, 0.4) is 0 Å². The van der Waals surface area contributed by atoms with Crippen molar-refractivity contribution in [3.63, 3.8) is 0 Å². The molecule has 0 bridgehead atoms. The quantitative estimate of drug-likeness (QED) is 0.562. The average molecular weight is 386 g/mol. The summed E-state index contributed by atoms with van der Waals surface area (Å²) in [6.07, 6.45) is 2.10. The van der Waals surface area contributed by atoms with Gasteiger partial charge in [0, 0.05) is 17.3 Å². The molecule has 6 heteroatoms. The summed E-state index contributed by atoms with van der Waals surface area (Å²) in [5.74, 6) is -0.510. The molecular formula is C21H20ClNO4. The van der Waals surface area contributed by atoms with Crippen molar-refractivity contribution in [3.05, 3.63) is 71.8 Å². The van der Waals surface area contributed by atoms with Gasteiger partial charge in [0.05, 0.1) is 5.92 Å². The lowest BCUT2D eigenvalue weighted by Crippen LogP contribution is -2.37. The maximum absolute atomic E-state index is 12.5. The molecule has 140 valence electrons. The van der Waals surface area contributed by atoms with Crippen LogP contribution in [-0.2, 0) is 20.7 Å². The number of benzene rings is 2. The van der Waals surface area contributed by atoms with Crippen molar-refractivity contribution >= 4 is 29.2 Å². The van der Waals surface area contributed by atoms with Crippen molar-refractivity contribution in [2.24, 2.45) is 5.92 Å². The molecule has 1 atom stereocenters. The molecule has 3 rings (SSSR count). The summed E-state index contributed by atoms with van der Waals surface area (Å²) in [6.45, 7) is 3.89. The largest absolute Gasteiger partial charge is 0.492 e. The first kappa shape index (κ1) is 19.0. The zero-order valence-electron chi connectivity index (χ0n) is 14.8. The van der Waals surface area contributed by atoms with Crippen molar-refractivity contribution < 1.29 is 19.1 Å². The Morgan fingerprint density at radius 2 is 2.04 bits per heavy atom. The highest BCUT2D eigenvalue weighted by Gasteiger charge is 2.28. The molecule has 0 aliphatic carbocycles. The number of ether oxygens (including phenoxy) is 2. The van der Waals surface area contributed by atoms with Gasteiger partial charge in [-0.15, -0.1) is 6.58 Å². The zero-order chi connectivity index (χ0) is 19.2. The van der Waals surface area contributed by atoms with Crippen LogP contribution in [0.15, 0.2) is 61.2 Å². The maximum atomic E-state index is 12.5. The predicted octanol–water partition coefficient (Wildman–Crippen LogP) is 3.65. The highest BCUT2D eigenvalue weighted by Crippen LogP contribution is 2.30. The zero-order valence-corrected chi connectivity index (χ0v) is 15.5. The minimum absolute atomic E-state index is 0.219. The van der Waals surface area contributed by atoms with E-state index in [9.17, 15) is 9.59 Å². The number of esters is 1. The first-order valence-electron chi connectivity index (χ1n) is 8.62. The highest BCUT2D eigenvalue weighted by atomic mass is 35.5. The van der Waals surface area contributed by atoms with E-state index in [2.05, 4.69) is 6.58 Å². The van der Waals surface area contributed by atoms with Crippen molar-refractivity contribution in [2.45, 2.75) is 6.42 Å². The van der Waals surface area contributed by atoms with Crippen LogP contribution in [0.5, 0.6) is 5.75 Å². The van der Waals surface area contributed by atoms with Crippen molar-refractivity contribution in [1.82, 2.24) is 0 Å². The van der Waals surface area contributed by atoms with E-state index in [0.29, 0.717) is 18.0 Å². The first-order chi connectivity index (χ1) is 13.1. The normalized spacial score (nSPS) is 15.2. The minimum Gasteiger partial charge on any atom is -0.492 e. The van der Waals surface area contributed by atoms with E-state index in [1.807, 2.05) is 30.3 Å². The van der Waals surface area contributed by atoms with Crippen molar-refractivity contribution in [2.75, 3.05) is 24.7 Å². The number of anilines is 1. The van der Waals surface area contributed by atoms with Gasteiger partial charge in [0.2, 0.25) is 0 Å². The van der Waals surface area contributed by atoms with Crippen LogP contribution in [0.25, 0.3) is 0 Å². The van der Waals surface area contributed by atoms with E-state index in [-0.39, 0.29) is 19.1 Å². The van der Waals surface area contributed by atoms with Crippen LogP contribution >= 0.6 is 11.6 Å². The molecule has 0 saturated carbocycles. The fraction of sp³-hybridized carbons (Fsp3) is 0.238. The van der Waals surface area contributed by atoms with E-state index in [1.165, 1.54) is 4.90 Å². The van der Waals surface area contributed by atoms with Gasteiger partial charge in [-0.2, -0.15) is 0 Å². The SMILES string of the molecule is C=CCN(C(=O)COC(=O)[C@H]1COc2ccc(Cl)cc2C1)c1ccccc1. The van der Waals surface area contributed by atoms with E-state index < -0.39 is 11.9 Å². The molecule has 2 aromatic rings. The maximum Gasteiger partial charge on any atom is 0.313 e. The molecular weight excluding hydrogens is 366 g/mol. The fourth-order valence-corrected chi connectivity index (χ4v) is 3.13. The summed E-state index contributed by atoms with van der Waals surface area (Å²) >= 11 is 6.00. The summed E-state index contributed by atoms with van der Waals surface area (Å²) in [7, 11) is 0. The number of fused-ring (bicyclic) bond motifs is 1. The summed E-state index contributed by atoms with van der Waals surface area (Å²) < 4.78 is 10.9.